The van der Waals surface area contributed by atoms with Crippen LogP contribution in [0.4, 0.5) is 5.82 Å². The van der Waals surface area contributed by atoms with Crippen molar-refractivity contribution in [3.8, 4) is 11.5 Å². The molecule has 0 aliphatic heterocycles. The predicted octanol–water partition coefficient (Wildman–Crippen LogP) is 3.94. The summed E-state index contributed by atoms with van der Waals surface area (Å²) >= 11 is 1.54. The average molecular weight is 410 g/mol. The van der Waals surface area contributed by atoms with Gasteiger partial charge in [0, 0.05) is 17.9 Å². The summed E-state index contributed by atoms with van der Waals surface area (Å²) in [4.78, 5) is 12.5. The van der Waals surface area contributed by atoms with Gasteiger partial charge in [0.15, 0.2) is 11.5 Å². The second kappa shape index (κ2) is 7.82. The van der Waals surface area contributed by atoms with Crippen molar-refractivity contribution in [1.29, 1.82) is 0 Å². The smallest absolute Gasteiger partial charge is 0.276 e. The number of aryl methyl sites for hydroxylation is 1. The zero-order valence-electron chi connectivity index (χ0n) is 16.7. The van der Waals surface area contributed by atoms with Crippen LogP contribution in [0.1, 0.15) is 32.8 Å². The van der Waals surface area contributed by atoms with Crippen molar-refractivity contribution in [3.63, 3.8) is 0 Å². The highest BCUT2D eigenvalue weighted by molar-refractivity contribution is 7.99. The molecule has 3 aromatic heterocycles. The molecule has 8 nitrogen and oxygen atoms in total. The monoisotopic (exact) mass is 409 g/mol. The van der Waals surface area contributed by atoms with Crippen molar-refractivity contribution in [3.05, 3.63) is 42.5 Å². The summed E-state index contributed by atoms with van der Waals surface area (Å²) in [6, 6.07) is 8.27. The molecule has 9 heteroatoms. The first-order chi connectivity index (χ1) is 13.9. The minimum absolute atomic E-state index is 0.118. The van der Waals surface area contributed by atoms with Crippen LogP contribution in [0.3, 0.4) is 0 Å². The molecule has 29 heavy (non-hydrogen) atoms. The minimum atomic E-state index is 0.118. The van der Waals surface area contributed by atoms with E-state index >= 15 is 0 Å². The molecule has 4 rings (SSSR count). The highest BCUT2D eigenvalue weighted by Gasteiger charge is 2.15. The van der Waals surface area contributed by atoms with E-state index in [-0.39, 0.29) is 5.41 Å². The van der Waals surface area contributed by atoms with Gasteiger partial charge in [0.1, 0.15) is 11.8 Å². The zero-order valence-corrected chi connectivity index (χ0v) is 17.5. The molecule has 1 aromatic carbocycles. The third kappa shape index (κ3) is 4.24. The first-order valence-corrected chi connectivity index (χ1v) is 10.4. The zero-order chi connectivity index (χ0) is 20.4. The summed E-state index contributed by atoms with van der Waals surface area (Å²) in [5.74, 6) is 1.78. The van der Waals surface area contributed by atoms with E-state index in [0.29, 0.717) is 22.4 Å². The maximum Gasteiger partial charge on any atom is 0.276 e. The summed E-state index contributed by atoms with van der Waals surface area (Å²) in [7, 11) is 0. The fourth-order valence-electron chi connectivity index (χ4n) is 2.95. The number of anilines is 1. The van der Waals surface area contributed by atoms with Crippen molar-refractivity contribution < 1.29 is 4.42 Å². The number of thioether (sulfide) groups is 1. The highest BCUT2D eigenvalue weighted by Crippen LogP contribution is 2.27. The first kappa shape index (κ1) is 19.4. The lowest BCUT2D eigenvalue weighted by molar-refractivity contribution is 0.465. The van der Waals surface area contributed by atoms with Gasteiger partial charge < -0.3 is 14.7 Å². The van der Waals surface area contributed by atoms with Gasteiger partial charge in [-0.1, -0.05) is 44.7 Å². The second-order valence-electron chi connectivity index (χ2n) is 7.77. The fraction of sp³-hybridized carbons (Fsp3) is 0.350. The summed E-state index contributed by atoms with van der Waals surface area (Å²) < 4.78 is 7.78. The van der Waals surface area contributed by atoms with Crippen LogP contribution >= 0.6 is 11.8 Å². The van der Waals surface area contributed by atoms with Gasteiger partial charge in [-0.3, -0.25) is 0 Å². The van der Waals surface area contributed by atoms with Gasteiger partial charge in [-0.2, -0.15) is 0 Å². The number of nitrogens with zero attached hydrogens (tertiary/aromatic N) is 6. The first-order valence-electron chi connectivity index (χ1n) is 9.40. The summed E-state index contributed by atoms with van der Waals surface area (Å²) in [5.41, 5.74) is 9.53. The molecule has 2 N–H and O–H groups in total. The Bertz CT molecular complexity index is 1110. The molecular formula is C20H23N7OS. The molecule has 4 aromatic rings. The van der Waals surface area contributed by atoms with Crippen molar-refractivity contribution in [2.24, 2.45) is 0 Å². The summed E-state index contributed by atoms with van der Waals surface area (Å²) in [6.07, 6.45) is 4.10. The normalized spacial score (nSPS) is 12.0. The molecule has 150 valence electrons. The Morgan fingerprint density at radius 3 is 2.62 bits per heavy atom. The van der Waals surface area contributed by atoms with Crippen molar-refractivity contribution in [2.45, 2.75) is 44.4 Å². The number of imidazole rings is 1. The van der Waals surface area contributed by atoms with Crippen molar-refractivity contribution >= 4 is 28.7 Å². The van der Waals surface area contributed by atoms with E-state index in [1.807, 2.05) is 16.7 Å². The van der Waals surface area contributed by atoms with E-state index < -0.39 is 0 Å². The summed E-state index contributed by atoms with van der Waals surface area (Å²) in [6.45, 7) is 7.35. The Kier molecular flexibility index (Phi) is 5.23. The lowest BCUT2D eigenvalue weighted by Crippen LogP contribution is -2.10. The molecule has 0 spiro atoms. The second-order valence-corrected chi connectivity index (χ2v) is 8.82. The van der Waals surface area contributed by atoms with Gasteiger partial charge in [-0.05, 0) is 29.5 Å². The van der Waals surface area contributed by atoms with Crippen LogP contribution in [-0.2, 0) is 12.0 Å². The molecule has 3 heterocycles. The van der Waals surface area contributed by atoms with E-state index in [0.717, 1.165) is 29.9 Å². The number of rotatable bonds is 6. The number of aromatic nitrogens is 6. The average Bonchev–Trinajstić information content (AvgIpc) is 3.33. The number of hydrogen-bond acceptors (Lipinski definition) is 8. The number of nitrogens with two attached hydrogens (primary N) is 1. The number of hydrogen-bond donors (Lipinski definition) is 1. The van der Waals surface area contributed by atoms with Crippen LogP contribution in [0.25, 0.3) is 22.6 Å². The molecule has 0 unspecified atom stereocenters. The topological polar surface area (TPSA) is 109 Å². The number of fused-ring (bicyclic) bond motifs is 1. The standard InChI is InChI=1S/C20H23N7OS/c1-20(2,3)14-7-5-13(6-8-14)18-25-26-19(28-18)29-10-4-9-27-12-24-15-16(21)22-11-23-17(15)27/h5-8,11-12H,4,9-10H2,1-3H3,(H2,21,22,23). The van der Waals surface area contributed by atoms with E-state index in [1.165, 1.54) is 11.9 Å². The number of nitrogen functional groups attached to an aromatic ring is 1. The highest BCUT2D eigenvalue weighted by atomic mass is 32.2. The van der Waals surface area contributed by atoms with E-state index in [2.05, 4.69) is 58.1 Å². The summed E-state index contributed by atoms with van der Waals surface area (Å²) in [5, 5.41) is 8.90. The minimum Gasteiger partial charge on any atom is -0.411 e. The van der Waals surface area contributed by atoms with Gasteiger partial charge in [-0.15, -0.1) is 10.2 Å². The Hall–Kier alpha value is -2.94. The lowest BCUT2D eigenvalue weighted by atomic mass is 9.87. The quantitative estimate of drug-likeness (QED) is 0.377. The Morgan fingerprint density at radius 1 is 1.07 bits per heavy atom. The lowest BCUT2D eigenvalue weighted by Gasteiger charge is -2.18. The maximum absolute atomic E-state index is 5.82. The molecule has 0 fully saturated rings. The third-order valence-electron chi connectivity index (χ3n) is 4.60. The van der Waals surface area contributed by atoms with Crippen LogP contribution in [0.5, 0.6) is 0 Å². The van der Waals surface area contributed by atoms with Gasteiger partial charge in [0.05, 0.1) is 6.33 Å². The number of benzene rings is 1. The van der Waals surface area contributed by atoms with Gasteiger partial charge in [0.2, 0.25) is 5.89 Å². The molecule has 0 radical (unpaired) electrons. The predicted molar refractivity (Wildman–Crippen MR) is 114 cm³/mol. The maximum atomic E-state index is 5.82. The van der Waals surface area contributed by atoms with Crippen LogP contribution in [0.2, 0.25) is 0 Å². The van der Waals surface area contributed by atoms with Crippen molar-refractivity contribution in [2.75, 3.05) is 11.5 Å². The fourth-order valence-corrected chi connectivity index (χ4v) is 3.64. The van der Waals surface area contributed by atoms with Crippen LogP contribution in [0.15, 0.2) is 46.6 Å². The largest absolute Gasteiger partial charge is 0.411 e. The van der Waals surface area contributed by atoms with Gasteiger partial charge in [0.25, 0.3) is 5.22 Å². The van der Waals surface area contributed by atoms with E-state index in [1.54, 1.807) is 18.1 Å². The molecular weight excluding hydrogens is 386 g/mol. The molecule has 0 amide bonds. The van der Waals surface area contributed by atoms with Gasteiger partial charge >= 0.3 is 0 Å². The SMILES string of the molecule is CC(C)(C)c1ccc(-c2nnc(SCCCn3cnc4c(N)ncnc43)o2)cc1. The van der Waals surface area contributed by atoms with Gasteiger partial charge in [-0.25, -0.2) is 15.0 Å². The molecule has 0 saturated heterocycles. The van der Waals surface area contributed by atoms with Crippen LogP contribution < -0.4 is 5.73 Å². The third-order valence-corrected chi connectivity index (χ3v) is 5.51. The van der Waals surface area contributed by atoms with Crippen molar-refractivity contribution in [1.82, 2.24) is 29.7 Å². The molecule has 0 aliphatic rings. The van der Waals surface area contributed by atoms with Crippen LogP contribution in [-0.4, -0.2) is 35.5 Å². The Morgan fingerprint density at radius 2 is 1.86 bits per heavy atom. The molecule has 0 aliphatic carbocycles. The van der Waals surface area contributed by atoms with Crippen LogP contribution in [0, 0.1) is 0 Å². The molecule has 0 bridgehead atoms. The Labute approximate surface area is 173 Å². The Balaban J connectivity index is 1.33. The van der Waals surface area contributed by atoms with E-state index in [4.69, 9.17) is 10.2 Å². The molecule has 0 atom stereocenters. The van der Waals surface area contributed by atoms with E-state index in [9.17, 15) is 0 Å². The molecule has 0 saturated carbocycles.